The highest BCUT2D eigenvalue weighted by Crippen LogP contribution is 2.37. The van der Waals surface area contributed by atoms with Gasteiger partial charge in [-0.25, -0.2) is 14.9 Å². The first kappa shape index (κ1) is 20.4. The van der Waals surface area contributed by atoms with Crippen molar-refractivity contribution in [3.8, 4) is 0 Å². The maximum Gasteiger partial charge on any atom is 0.242 e. The van der Waals surface area contributed by atoms with Crippen molar-refractivity contribution < 1.29 is 0 Å². The Kier molecular flexibility index (Phi) is 4.99. The highest BCUT2D eigenvalue weighted by molar-refractivity contribution is 6.30. The molecule has 0 fully saturated rings. The third-order valence-corrected chi connectivity index (χ3v) is 6.62. The highest BCUT2D eigenvalue weighted by atomic mass is 15.4. The topological polar surface area (TPSA) is 65.0 Å². The van der Waals surface area contributed by atoms with Crippen molar-refractivity contribution in [1.29, 1.82) is 0 Å². The van der Waals surface area contributed by atoms with Gasteiger partial charge >= 0.3 is 0 Å². The van der Waals surface area contributed by atoms with Gasteiger partial charge in [0.25, 0.3) is 0 Å². The number of aliphatic imine (C=N–C) groups is 5. The van der Waals surface area contributed by atoms with E-state index in [0.29, 0.717) is 23.6 Å². The second-order valence-corrected chi connectivity index (χ2v) is 8.75. The molecular weight excluding hydrogens is 420 g/mol. The minimum absolute atomic E-state index is 0.0557. The first-order valence-electron chi connectivity index (χ1n) is 11.6. The minimum atomic E-state index is -0.0557. The third-order valence-electron chi connectivity index (χ3n) is 6.62. The molecule has 6 heteroatoms. The average molecular weight is 445 g/mol. The zero-order valence-electron chi connectivity index (χ0n) is 19.1. The molecule has 6 nitrogen and oxygen atoms in total. The Morgan fingerprint density at radius 1 is 0.588 bits per heavy atom. The molecule has 3 aromatic carbocycles. The molecule has 0 aromatic heterocycles. The van der Waals surface area contributed by atoms with E-state index in [0.717, 1.165) is 17.0 Å². The number of nitrogens with zero attached hydrogens (tertiary/aromatic N) is 6. The SMILES string of the molecule is CC1C2=NC(c3ccccc3)=NC3=NC(c4ccccc4)=NC(=NC(c4ccccc4)C1C)N32. The van der Waals surface area contributed by atoms with Gasteiger partial charge in [-0.15, -0.1) is 0 Å². The van der Waals surface area contributed by atoms with Crippen molar-refractivity contribution in [3.05, 3.63) is 108 Å². The molecule has 0 saturated heterocycles. The van der Waals surface area contributed by atoms with Gasteiger partial charge in [0.2, 0.25) is 11.9 Å². The lowest BCUT2D eigenvalue weighted by molar-refractivity contribution is 0.402. The molecule has 0 saturated carbocycles. The standard InChI is InChI=1S/C28H24N6/c1-18-19(2)26-30-24(21-14-8-4-9-15-21)31-28-33-25(22-16-10-5-11-17-22)32-27(34(26)28)29-23(18)20-12-6-3-7-13-20/h3-19,23H,1-2H3. The lowest BCUT2D eigenvalue weighted by Crippen LogP contribution is -2.48. The molecule has 3 atom stereocenters. The molecular formula is C28H24N6. The van der Waals surface area contributed by atoms with Crippen molar-refractivity contribution in [3.63, 3.8) is 0 Å². The number of hydrogen-bond acceptors (Lipinski definition) is 6. The molecule has 0 bridgehead atoms. The molecule has 0 amide bonds. The van der Waals surface area contributed by atoms with Crippen LogP contribution in [0.5, 0.6) is 0 Å². The second kappa shape index (κ2) is 8.30. The molecule has 34 heavy (non-hydrogen) atoms. The van der Waals surface area contributed by atoms with E-state index in [2.05, 4.69) is 38.1 Å². The Hall–Kier alpha value is -4.19. The Morgan fingerprint density at radius 3 is 1.74 bits per heavy atom. The Balaban J connectivity index is 1.56. The van der Waals surface area contributed by atoms with Crippen LogP contribution in [0, 0.1) is 11.8 Å². The van der Waals surface area contributed by atoms with E-state index in [1.807, 2.05) is 71.6 Å². The van der Waals surface area contributed by atoms with Gasteiger partial charge in [0.1, 0.15) is 5.84 Å². The van der Waals surface area contributed by atoms with E-state index in [1.165, 1.54) is 5.56 Å². The number of rotatable bonds is 3. The van der Waals surface area contributed by atoms with E-state index in [-0.39, 0.29) is 17.9 Å². The number of guanidine groups is 2. The fourth-order valence-electron chi connectivity index (χ4n) is 4.57. The predicted octanol–water partition coefficient (Wildman–Crippen LogP) is 5.35. The largest absolute Gasteiger partial charge is 0.242 e. The first-order valence-corrected chi connectivity index (χ1v) is 11.6. The van der Waals surface area contributed by atoms with Gasteiger partial charge in [0.05, 0.1) is 6.04 Å². The molecule has 166 valence electrons. The summed E-state index contributed by atoms with van der Waals surface area (Å²) in [6.07, 6.45) is 0. The molecule has 3 aliphatic heterocycles. The summed E-state index contributed by atoms with van der Waals surface area (Å²) in [5.41, 5.74) is 3.06. The van der Waals surface area contributed by atoms with Gasteiger partial charge in [-0.1, -0.05) is 105 Å². The predicted molar refractivity (Wildman–Crippen MR) is 138 cm³/mol. The van der Waals surface area contributed by atoms with Gasteiger partial charge in [-0.05, 0) is 11.5 Å². The van der Waals surface area contributed by atoms with E-state index < -0.39 is 0 Å². The molecule has 3 aromatic rings. The molecule has 3 unspecified atom stereocenters. The van der Waals surface area contributed by atoms with Crippen molar-refractivity contribution in [2.24, 2.45) is 36.8 Å². The summed E-state index contributed by atoms with van der Waals surface area (Å²) in [7, 11) is 0. The minimum Gasteiger partial charge on any atom is -0.242 e. The highest BCUT2D eigenvalue weighted by Gasteiger charge is 2.41. The molecule has 0 N–H and O–H groups in total. The van der Waals surface area contributed by atoms with Gasteiger partial charge in [-0.2, -0.15) is 15.0 Å². The van der Waals surface area contributed by atoms with Crippen molar-refractivity contribution in [1.82, 2.24) is 4.90 Å². The lowest BCUT2D eigenvalue weighted by Gasteiger charge is -2.32. The van der Waals surface area contributed by atoms with Crippen LogP contribution in [0.2, 0.25) is 0 Å². The van der Waals surface area contributed by atoms with Gasteiger partial charge in [0.15, 0.2) is 11.7 Å². The summed E-state index contributed by atoms with van der Waals surface area (Å²) in [6, 6.07) is 30.4. The van der Waals surface area contributed by atoms with Crippen LogP contribution in [0.3, 0.4) is 0 Å². The zero-order valence-corrected chi connectivity index (χ0v) is 19.1. The molecule has 3 aliphatic rings. The molecule has 3 heterocycles. The number of benzene rings is 3. The molecule has 0 aliphatic carbocycles. The fraction of sp³-hybridized carbons (Fsp3) is 0.179. The summed E-state index contributed by atoms with van der Waals surface area (Å²) in [4.78, 5) is 26.8. The van der Waals surface area contributed by atoms with Crippen LogP contribution in [-0.2, 0) is 0 Å². The van der Waals surface area contributed by atoms with E-state index in [4.69, 9.17) is 25.0 Å². The van der Waals surface area contributed by atoms with Crippen LogP contribution in [0.15, 0.2) is 116 Å². The quantitative estimate of drug-likeness (QED) is 0.537. The Bertz CT molecular complexity index is 1370. The first-order chi connectivity index (χ1) is 16.7. The van der Waals surface area contributed by atoms with E-state index in [9.17, 15) is 0 Å². The monoisotopic (exact) mass is 444 g/mol. The maximum atomic E-state index is 5.18. The van der Waals surface area contributed by atoms with Crippen LogP contribution in [-0.4, -0.2) is 34.3 Å². The normalized spacial score (nSPS) is 23.5. The summed E-state index contributed by atoms with van der Waals surface area (Å²) in [5, 5.41) is 0. The van der Waals surface area contributed by atoms with E-state index in [1.54, 1.807) is 0 Å². The van der Waals surface area contributed by atoms with Crippen LogP contribution in [0.25, 0.3) is 0 Å². The van der Waals surface area contributed by atoms with Crippen LogP contribution < -0.4 is 0 Å². The molecule has 0 spiro atoms. The van der Waals surface area contributed by atoms with Gasteiger partial charge < -0.3 is 0 Å². The summed E-state index contributed by atoms with van der Waals surface area (Å²) in [6.45, 7) is 4.44. The summed E-state index contributed by atoms with van der Waals surface area (Å²) < 4.78 is 0. The zero-order chi connectivity index (χ0) is 23.1. The molecule has 0 radical (unpaired) electrons. The lowest BCUT2D eigenvalue weighted by atomic mass is 9.84. The van der Waals surface area contributed by atoms with Crippen LogP contribution in [0.4, 0.5) is 0 Å². The van der Waals surface area contributed by atoms with Gasteiger partial charge in [0, 0.05) is 17.0 Å². The fourth-order valence-corrected chi connectivity index (χ4v) is 4.57. The van der Waals surface area contributed by atoms with Crippen LogP contribution in [0.1, 0.15) is 36.6 Å². The van der Waals surface area contributed by atoms with E-state index >= 15 is 0 Å². The average Bonchev–Trinajstić information content (AvgIpc) is 3.01. The van der Waals surface area contributed by atoms with Crippen LogP contribution >= 0.6 is 0 Å². The summed E-state index contributed by atoms with van der Waals surface area (Å²) >= 11 is 0. The number of hydrogen-bond donors (Lipinski definition) is 0. The second-order valence-electron chi connectivity index (χ2n) is 8.75. The van der Waals surface area contributed by atoms with Crippen molar-refractivity contribution in [2.75, 3.05) is 0 Å². The van der Waals surface area contributed by atoms with Crippen molar-refractivity contribution in [2.45, 2.75) is 19.9 Å². The number of amidine groups is 3. The Labute approximate surface area is 198 Å². The maximum absolute atomic E-state index is 5.18. The van der Waals surface area contributed by atoms with Gasteiger partial charge in [-0.3, -0.25) is 0 Å². The van der Waals surface area contributed by atoms with Crippen molar-refractivity contribution >= 4 is 29.4 Å². The summed E-state index contributed by atoms with van der Waals surface area (Å²) in [5.74, 6) is 3.61. The Morgan fingerprint density at radius 2 is 1.12 bits per heavy atom. The molecule has 6 rings (SSSR count). The third kappa shape index (κ3) is 3.48. The smallest absolute Gasteiger partial charge is 0.242 e.